The molecule has 0 aliphatic heterocycles. The van der Waals surface area contributed by atoms with E-state index < -0.39 is 23.7 Å². The normalized spacial score (nSPS) is 22.7. The predicted octanol–water partition coefficient (Wildman–Crippen LogP) is 2.79. The Kier molecular flexibility index (Phi) is 7.80. The fraction of sp³-hybridized carbons (Fsp3) is 0.619. The molecule has 1 aromatic carbocycles. The van der Waals surface area contributed by atoms with E-state index in [-0.39, 0.29) is 30.8 Å². The minimum absolute atomic E-state index is 0.119. The van der Waals surface area contributed by atoms with Crippen LogP contribution in [0.5, 0.6) is 0 Å². The van der Waals surface area contributed by atoms with Gasteiger partial charge in [0.15, 0.2) is 0 Å². The summed E-state index contributed by atoms with van der Waals surface area (Å²) in [6.45, 7) is 5.90. The third kappa shape index (κ3) is 5.67. The second kappa shape index (κ2) is 9.87. The van der Waals surface area contributed by atoms with Crippen molar-refractivity contribution in [2.75, 3.05) is 13.2 Å². The molecule has 6 nitrogen and oxygen atoms in total. The van der Waals surface area contributed by atoms with Gasteiger partial charge in [-0.2, -0.15) is 0 Å². The summed E-state index contributed by atoms with van der Waals surface area (Å²) in [6, 6.07) is 5.51. The smallest absolute Gasteiger partial charge is 0.407 e. The van der Waals surface area contributed by atoms with Crippen molar-refractivity contribution in [2.24, 2.45) is 11.3 Å². The Morgan fingerprint density at radius 2 is 2.00 bits per heavy atom. The number of rotatable bonds is 8. The van der Waals surface area contributed by atoms with Crippen LogP contribution in [0.25, 0.3) is 0 Å². The number of halogens is 1. The van der Waals surface area contributed by atoms with E-state index in [1.165, 1.54) is 12.1 Å². The van der Waals surface area contributed by atoms with Crippen LogP contribution < -0.4 is 10.6 Å². The van der Waals surface area contributed by atoms with Gasteiger partial charge in [-0.1, -0.05) is 32.4 Å². The van der Waals surface area contributed by atoms with Crippen LogP contribution in [0.2, 0.25) is 0 Å². The van der Waals surface area contributed by atoms with Crippen LogP contribution in [0.3, 0.4) is 0 Å². The van der Waals surface area contributed by atoms with Crippen molar-refractivity contribution in [1.82, 2.24) is 10.6 Å². The first-order valence-electron chi connectivity index (χ1n) is 9.91. The number of carbonyl (C=O) groups excluding carboxylic acids is 2. The Balaban J connectivity index is 2.06. The summed E-state index contributed by atoms with van der Waals surface area (Å²) in [5.74, 6) is -0.727. The van der Waals surface area contributed by atoms with E-state index in [9.17, 15) is 19.1 Å². The SMILES string of the molecule is CCOC(=O)N[C@H](C(=O)NC[C@]1(Cc2ccc(F)cc2)CCC[C@H]1O)C(C)C. The molecular weight excluding hydrogens is 363 g/mol. The van der Waals surface area contributed by atoms with Gasteiger partial charge in [-0.3, -0.25) is 4.79 Å². The molecule has 1 aliphatic carbocycles. The van der Waals surface area contributed by atoms with Crippen molar-refractivity contribution in [2.45, 2.75) is 58.6 Å². The average Bonchev–Trinajstić information content (AvgIpc) is 3.00. The molecule has 0 bridgehead atoms. The lowest BCUT2D eigenvalue weighted by molar-refractivity contribution is -0.125. The molecule has 2 rings (SSSR count). The number of amides is 2. The molecule has 156 valence electrons. The zero-order chi connectivity index (χ0) is 20.7. The van der Waals surface area contributed by atoms with Gasteiger partial charge >= 0.3 is 6.09 Å². The molecule has 0 aromatic heterocycles. The van der Waals surface area contributed by atoms with Crippen LogP contribution in [0.1, 0.15) is 45.6 Å². The van der Waals surface area contributed by atoms with Crippen molar-refractivity contribution >= 4 is 12.0 Å². The van der Waals surface area contributed by atoms with Gasteiger partial charge in [-0.05, 0) is 49.8 Å². The van der Waals surface area contributed by atoms with Crippen LogP contribution in [0.4, 0.5) is 9.18 Å². The van der Waals surface area contributed by atoms with Crippen molar-refractivity contribution in [3.63, 3.8) is 0 Å². The fourth-order valence-electron chi connectivity index (χ4n) is 3.81. The lowest BCUT2D eigenvalue weighted by Gasteiger charge is -2.34. The number of benzene rings is 1. The standard InChI is InChI=1S/C21H31FN2O4/c1-4-28-20(27)24-18(14(2)3)19(26)23-13-21(11-5-6-17(21)25)12-15-7-9-16(22)10-8-15/h7-10,14,17-18,25H,4-6,11-13H2,1-3H3,(H,23,26)(H,24,27)/t17-,18+,21-/m1/s1. The molecule has 3 N–H and O–H groups in total. The monoisotopic (exact) mass is 394 g/mol. The van der Waals surface area contributed by atoms with Gasteiger partial charge < -0.3 is 20.5 Å². The maximum atomic E-state index is 13.2. The molecule has 0 spiro atoms. The van der Waals surface area contributed by atoms with Gasteiger partial charge in [0.25, 0.3) is 0 Å². The molecular formula is C21H31FN2O4. The summed E-state index contributed by atoms with van der Waals surface area (Å²) < 4.78 is 18.1. The lowest BCUT2D eigenvalue weighted by Crippen LogP contribution is -2.53. The molecule has 7 heteroatoms. The second-order valence-electron chi connectivity index (χ2n) is 7.88. The number of ether oxygens (including phenoxy) is 1. The summed E-state index contributed by atoms with van der Waals surface area (Å²) >= 11 is 0. The first-order chi connectivity index (χ1) is 13.3. The second-order valence-corrected chi connectivity index (χ2v) is 7.88. The molecule has 0 saturated heterocycles. The average molecular weight is 394 g/mol. The highest BCUT2D eigenvalue weighted by molar-refractivity contribution is 5.85. The van der Waals surface area contributed by atoms with Gasteiger partial charge in [0.05, 0.1) is 12.7 Å². The van der Waals surface area contributed by atoms with Crippen LogP contribution in [0.15, 0.2) is 24.3 Å². The number of aliphatic hydroxyl groups is 1. The van der Waals surface area contributed by atoms with Crippen molar-refractivity contribution < 1.29 is 23.8 Å². The quantitative estimate of drug-likeness (QED) is 0.633. The van der Waals surface area contributed by atoms with E-state index in [2.05, 4.69) is 10.6 Å². The molecule has 3 atom stereocenters. The molecule has 0 radical (unpaired) electrons. The lowest BCUT2D eigenvalue weighted by atomic mass is 9.78. The number of nitrogens with one attached hydrogen (secondary N) is 2. The Morgan fingerprint density at radius 1 is 1.32 bits per heavy atom. The molecule has 0 heterocycles. The van der Waals surface area contributed by atoms with Crippen LogP contribution in [-0.4, -0.2) is 42.4 Å². The van der Waals surface area contributed by atoms with Gasteiger partial charge in [0.2, 0.25) is 5.91 Å². The van der Waals surface area contributed by atoms with E-state index in [1.807, 2.05) is 13.8 Å². The number of hydrogen-bond donors (Lipinski definition) is 3. The van der Waals surface area contributed by atoms with E-state index in [0.717, 1.165) is 18.4 Å². The summed E-state index contributed by atoms with van der Waals surface area (Å²) in [5, 5.41) is 16.1. The van der Waals surface area contributed by atoms with Crippen LogP contribution in [-0.2, 0) is 16.0 Å². The number of aliphatic hydroxyl groups excluding tert-OH is 1. The molecule has 1 saturated carbocycles. The summed E-state index contributed by atoms with van der Waals surface area (Å²) in [7, 11) is 0. The highest BCUT2D eigenvalue weighted by atomic mass is 19.1. The zero-order valence-electron chi connectivity index (χ0n) is 16.8. The largest absolute Gasteiger partial charge is 0.450 e. The summed E-state index contributed by atoms with van der Waals surface area (Å²) in [5.41, 5.74) is 0.417. The molecule has 1 fully saturated rings. The topological polar surface area (TPSA) is 87.7 Å². The zero-order valence-corrected chi connectivity index (χ0v) is 16.8. The number of carbonyl (C=O) groups is 2. The molecule has 1 aliphatic rings. The van der Waals surface area contributed by atoms with Gasteiger partial charge in [-0.15, -0.1) is 0 Å². The van der Waals surface area contributed by atoms with Crippen LogP contribution in [0, 0.1) is 17.2 Å². The third-order valence-electron chi connectivity index (χ3n) is 5.44. The maximum absolute atomic E-state index is 13.2. The van der Waals surface area contributed by atoms with Crippen molar-refractivity contribution in [3.05, 3.63) is 35.6 Å². The Morgan fingerprint density at radius 3 is 2.54 bits per heavy atom. The van der Waals surface area contributed by atoms with Gasteiger partial charge in [-0.25, -0.2) is 9.18 Å². The van der Waals surface area contributed by atoms with E-state index in [4.69, 9.17) is 4.74 Å². The Hall–Kier alpha value is -2.15. The Labute approximate surface area is 165 Å². The fourth-order valence-corrected chi connectivity index (χ4v) is 3.81. The minimum atomic E-state index is -0.722. The maximum Gasteiger partial charge on any atom is 0.407 e. The highest BCUT2D eigenvalue weighted by Gasteiger charge is 2.42. The predicted molar refractivity (Wildman–Crippen MR) is 104 cm³/mol. The van der Waals surface area contributed by atoms with Crippen molar-refractivity contribution in [1.29, 1.82) is 0 Å². The van der Waals surface area contributed by atoms with Gasteiger partial charge in [0.1, 0.15) is 11.9 Å². The van der Waals surface area contributed by atoms with E-state index in [1.54, 1.807) is 19.1 Å². The third-order valence-corrected chi connectivity index (χ3v) is 5.44. The first kappa shape index (κ1) is 22.1. The summed E-state index contributed by atoms with van der Waals surface area (Å²) in [6.07, 6.45) is 1.68. The molecule has 2 amide bonds. The first-order valence-corrected chi connectivity index (χ1v) is 9.91. The molecule has 1 aromatic rings. The summed E-state index contributed by atoms with van der Waals surface area (Å²) in [4.78, 5) is 24.4. The van der Waals surface area contributed by atoms with E-state index >= 15 is 0 Å². The van der Waals surface area contributed by atoms with Crippen LogP contribution >= 0.6 is 0 Å². The molecule has 0 unspecified atom stereocenters. The van der Waals surface area contributed by atoms with Crippen molar-refractivity contribution in [3.8, 4) is 0 Å². The highest BCUT2D eigenvalue weighted by Crippen LogP contribution is 2.41. The minimum Gasteiger partial charge on any atom is -0.450 e. The number of alkyl carbamates (subject to hydrolysis) is 1. The Bertz CT molecular complexity index is 665. The van der Waals surface area contributed by atoms with Gasteiger partial charge in [0, 0.05) is 12.0 Å². The molecule has 28 heavy (non-hydrogen) atoms. The van der Waals surface area contributed by atoms with E-state index in [0.29, 0.717) is 12.8 Å². The number of hydrogen-bond acceptors (Lipinski definition) is 4.